The van der Waals surface area contributed by atoms with Crippen LogP contribution in [0.25, 0.3) is 0 Å². The van der Waals surface area contributed by atoms with Gasteiger partial charge in [0.05, 0.1) is 24.4 Å². The van der Waals surface area contributed by atoms with Gasteiger partial charge >= 0.3 is 0 Å². The quantitative estimate of drug-likeness (QED) is 0.746. The molecule has 5 nitrogen and oxygen atoms in total. The normalized spacial score (nSPS) is 12.9. The smallest absolute Gasteiger partial charge is 0.254 e. The molecular formula is C10H17N3O2. The Labute approximate surface area is 89.1 Å². The molecule has 0 spiro atoms. The molecule has 1 aromatic rings. The molecule has 1 rings (SSSR count). The summed E-state index contributed by atoms with van der Waals surface area (Å²) >= 11 is 0. The first-order chi connectivity index (χ1) is 7.04. The van der Waals surface area contributed by atoms with Crippen LogP contribution in [0.1, 0.15) is 24.2 Å². The van der Waals surface area contributed by atoms with Crippen molar-refractivity contribution < 1.29 is 9.90 Å². The fourth-order valence-corrected chi connectivity index (χ4v) is 1.21. The third-order valence-corrected chi connectivity index (χ3v) is 2.28. The lowest BCUT2D eigenvalue weighted by molar-refractivity contribution is 0.0897. The fraction of sp³-hybridized carbons (Fsp3) is 0.600. The molecule has 0 saturated carbocycles. The van der Waals surface area contributed by atoms with Crippen LogP contribution in [-0.2, 0) is 7.05 Å². The molecular weight excluding hydrogens is 194 g/mol. The molecule has 1 amide bonds. The van der Waals surface area contributed by atoms with E-state index in [9.17, 15) is 4.79 Å². The third-order valence-electron chi connectivity index (χ3n) is 2.28. The highest BCUT2D eigenvalue weighted by Gasteiger charge is 2.16. The molecule has 0 unspecified atom stereocenters. The second-order valence-electron chi connectivity index (χ2n) is 3.91. The van der Waals surface area contributed by atoms with Gasteiger partial charge in [-0.2, -0.15) is 5.10 Å². The number of aryl methyl sites for hydroxylation is 1. The van der Waals surface area contributed by atoms with E-state index in [0.29, 0.717) is 5.56 Å². The zero-order valence-electron chi connectivity index (χ0n) is 9.27. The Morgan fingerprint density at radius 2 is 2.33 bits per heavy atom. The lowest BCUT2D eigenvalue weighted by Gasteiger charge is -2.19. The van der Waals surface area contributed by atoms with Crippen molar-refractivity contribution in [1.29, 1.82) is 0 Å². The summed E-state index contributed by atoms with van der Waals surface area (Å²) in [5, 5.41) is 15.7. The lowest BCUT2D eigenvalue weighted by atomic mass is 10.1. The molecule has 2 N–H and O–H groups in total. The van der Waals surface area contributed by atoms with Crippen LogP contribution in [0.4, 0.5) is 0 Å². The van der Waals surface area contributed by atoms with Gasteiger partial charge < -0.3 is 10.4 Å². The minimum Gasteiger partial charge on any atom is -0.394 e. The van der Waals surface area contributed by atoms with E-state index in [1.165, 1.54) is 6.20 Å². The number of nitrogens with zero attached hydrogens (tertiary/aromatic N) is 2. The second kappa shape index (κ2) is 4.93. The zero-order valence-corrected chi connectivity index (χ0v) is 9.27. The predicted octanol–water partition coefficient (Wildman–Crippen LogP) is 0.167. The monoisotopic (exact) mass is 211 g/mol. The van der Waals surface area contributed by atoms with Crippen molar-refractivity contribution in [2.75, 3.05) is 6.61 Å². The number of carbonyl (C=O) groups is 1. The molecule has 5 heteroatoms. The molecule has 0 fully saturated rings. The molecule has 0 saturated heterocycles. The Morgan fingerprint density at radius 3 is 2.73 bits per heavy atom. The summed E-state index contributed by atoms with van der Waals surface area (Å²) in [6, 6.07) is -0.210. The van der Waals surface area contributed by atoms with E-state index in [4.69, 9.17) is 5.11 Å². The fourth-order valence-electron chi connectivity index (χ4n) is 1.21. The molecule has 1 atom stereocenters. The van der Waals surface area contributed by atoms with Gasteiger partial charge in [-0.05, 0) is 5.92 Å². The SMILES string of the molecule is CC(C)[C@@H](CO)NC(=O)c1cnn(C)c1. The van der Waals surface area contributed by atoms with Crippen molar-refractivity contribution in [3.8, 4) is 0 Å². The van der Waals surface area contributed by atoms with Gasteiger partial charge in [0.2, 0.25) is 0 Å². The van der Waals surface area contributed by atoms with Crippen molar-refractivity contribution in [2.24, 2.45) is 13.0 Å². The van der Waals surface area contributed by atoms with Gasteiger partial charge in [0.1, 0.15) is 0 Å². The van der Waals surface area contributed by atoms with Crippen LogP contribution >= 0.6 is 0 Å². The van der Waals surface area contributed by atoms with E-state index in [0.717, 1.165) is 0 Å². The van der Waals surface area contributed by atoms with E-state index >= 15 is 0 Å². The van der Waals surface area contributed by atoms with Crippen LogP contribution in [0.15, 0.2) is 12.4 Å². The highest BCUT2D eigenvalue weighted by Crippen LogP contribution is 2.03. The van der Waals surface area contributed by atoms with Gasteiger partial charge in [0.25, 0.3) is 5.91 Å². The summed E-state index contributed by atoms with van der Waals surface area (Å²) in [5.74, 6) is 0.00599. The van der Waals surface area contributed by atoms with Crippen molar-refractivity contribution in [1.82, 2.24) is 15.1 Å². The molecule has 0 radical (unpaired) electrons. The molecule has 0 aliphatic carbocycles. The average molecular weight is 211 g/mol. The van der Waals surface area contributed by atoms with Crippen molar-refractivity contribution >= 4 is 5.91 Å². The van der Waals surface area contributed by atoms with Gasteiger partial charge in [0, 0.05) is 13.2 Å². The minimum atomic E-state index is -0.210. The molecule has 84 valence electrons. The Kier molecular flexibility index (Phi) is 3.85. The van der Waals surface area contributed by atoms with E-state index in [-0.39, 0.29) is 24.5 Å². The molecule has 0 aliphatic heterocycles. The van der Waals surface area contributed by atoms with E-state index in [1.807, 2.05) is 13.8 Å². The summed E-state index contributed by atoms with van der Waals surface area (Å²) in [6.45, 7) is 3.85. The number of hydrogen-bond acceptors (Lipinski definition) is 3. The first kappa shape index (κ1) is 11.7. The number of aromatic nitrogens is 2. The number of hydrogen-bond donors (Lipinski definition) is 2. The Bertz CT molecular complexity index is 333. The van der Waals surface area contributed by atoms with Crippen LogP contribution in [0.5, 0.6) is 0 Å². The van der Waals surface area contributed by atoms with Crippen LogP contribution in [0, 0.1) is 5.92 Å². The van der Waals surface area contributed by atoms with Gasteiger partial charge in [-0.3, -0.25) is 9.48 Å². The number of aliphatic hydroxyl groups excluding tert-OH is 1. The van der Waals surface area contributed by atoms with Crippen LogP contribution < -0.4 is 5.32 Å². The number of carbonyl (C=O) groups excluding carboxylic acids is 1. The second-order valence-corrected chi connectivity index (χ2v) is 3.91. The van der Waals surface area contributed by atoms with Gasteiger partial charge in [-0.25, -0.2) is 0 Å². The van der Waals surface area contributed by atoms with Crippen LogP contribution in [-0.4, -0.2) is 33.4 Å². The zero-order chi connectivity index (χ0) is 11.4. The molecule has 0 aliphatic rings. The Hall–Kier alpha value is -1.36. The van der Waals surface area contributed by atoms with Crippen molar-refractivity contribution in [2.45, 2.75) is 19.9 Å². The Balaban J connectivity index is 2.62. The molecule has 15 heavy (non-hydrogen) atoms. The standard InChI is InChI=1S/C10H17N3O2/c1-7(2)9(6-14)12-10(15)8-4-11-13(3)5-8/h4-5,7,9,14H,6H2,1-3H3,(H,12,15)/t9-/m1/s1. The topological polar surface area (TPSA) is 67.2 Å². The van der Waals surface area contributed by atoms with Crippen molar-refractivity contribution in [3.63, 3.8) is 0 Å². The maximum absolute atomic E-state index is 11.7. The van der Waals surface area contributed by atoms with E-state index in [1.54, 1.807) is 17.9 Å². The largest absolute Gasteiger partial charge is 0.394 e. The van der Waals surface area contributed by atoms with Gasteiger partial charge in [-0.15, -0.1) is 0 Å². The number of amides is 1. The molecule has 1 heterocycles. The number of aliphatic hydroxyl groups is 1. The maximum Gasteiger partial charge on any atom is 0.254 e. The highest BCUT2D eigenvalue weighted by atomic mass is 16.3. The first-order valence-corrected chi connectivity index (χ1v) is 4.95. The Morgan fingerprint density at radius 1 is 1.67 bits per heavy atom. The maximum atomic E-state index is 11.7. The number of rotatable bonds is 4. The summed E-state index contributed by atoms with van der Waals surface area (Å²) < 4.78 is 1.57. The minimum absolute atomic E-state index is 0.0519. The third kappa shape index (κ3) is 3.06. The van der Waals surface area contributed by atoms with E-state index < -0.39 is 0 Å². The van der Waals surface area contributed by atoms with Crippen LogP contribution in [0.3, 0.4) is 0 Å². The lowest BCUT2D eigenvalue weighted by Crippen LogP contribution is -2.41. The van der Waals surface area contributed by atoms with Gasteiger partial charge in [-0.1, -0.05) is 13.8 Å². The summed E-state index contributed by atoms with van der Waals surface area (Å²) in [5.41, 5.74) is 0.511. The van der Waals surface area contributed by atoms with Crippen molar-refractivity contribution in [3.05, 3.63) is 18.0 Å². The van der Waals surface area contributed by atoms with E-state index in [2.05, 4.69) is 10.4 Å². The van der Waals surface area contributed by atoms with Crippen LogP contribution in [0.2, 0.25) is 0 Å². The highest BCUT2D eigenvalue weighted by molar-refractivity contribution is 5.93. The average Bonchev–Trinajstić information content (AvgIpc) is 2.60. The first-order valence-electron chi connectivity index (χ1n) is 4.95. The molecule has 1 aromatic heterocycles. The van der Waals surface area contributed by atoms with Gasteiger partial charge in [0.15, 0.2) is 0 Å². The molecule has 0 aromatic carbocycles. The summed E-state index contributed by atoms with van der Waals surface area (Å²) in [7, 11) is 1.75. The predicted molar refractivity (Wildman–Crippen MR) is 56.4 cm³/mol. The number of nitrogens with one attached hydrogen (secondary N) is 1. The summed E-state index contributed by atoms with van der Waals surface area (Å²) in [6.07, 6.45) is 3.15. The summed E-state index contributed by atoms with van der Waals surface area (Å²) in [4.78, 5) is 11.7. The molecule has 0 bridgehead atoms.